The van der Waals surface area contributed by atoms with Crippen molar-refractivity contribution in [2.75, 3.05) is 19.8 Å². The lowest BCUT2D eigenvalue weighted by molar-refractivity contribution is 0.178. The Morgan fingerprint density at radius 1 is 1.45 bits per heavy atom. The van der Waals surface area contributed by atoms with Crippen molar-refractivity contribution in [3.05, 3.63) is 26.6 Å². The maximum atomic E-state index is 5.75. The van der Waals surface area contributed by atoms with E-state index < -0.39 is 0 Å². The Morgan fingerprint density at radius 2 is 2.25 bits per heavy atom. The van der Waals surface area contributed by atoms with Crippen LogP contribution in [0.3, 0.4) is 0 Å². The molecule has 1 aromatic rings. The topological polar surface area (TPSA) is 30.5 Å². The fourth-order valence-corrected chi connectivity index (χ4v) is 3.86. The lowest BCUT2D eigenvalue weighted by Gasteiger charge is -2.21. The van der Waals surface area contributed by atoms with E-state index in [-0.39, 0.29) is 0 Å². The molecule has 0 radical (unpaired) electrons. The Morgan fingerprint density at radius 3 is 2.90 bits per heavy atom. The zero-order chi connectivity index (χ0) is 14.5. The second-order valence-corrected chi connectivity index (χ2v) is 6.87. The molecule has 0 aromatic heterocycles. The zero-order valence-corrected chi connectivity index (χ0v) is 15.1. The van der Waals surface area contributed by atoms with Crippen molar-refractivity contribution < 1.29 is 9.47 Å². The second kappa shape index (κ2) is 7.78. The maximum absolute atomic E-state index is 5.75. The van der Waals surface area contributed by atoms with Crippen LogP contribution >= 0.6 is 31.9 Å². The number of benzene rings is 1. The Balaban J connectivity index is 2.03. The normalized spacial score (nSPS) is 20.1. The van der Waals surface area contributed by atoms with Gasteiger partial charge in [-0.25, -0.2) is 0 Å². The number of nitrogens with one attached hydrogen (secondary N) is 1. The van der Waals surface area contributed by atoms with Crippen LogP contribution in [0.4, 0.5) is 0 Å². The van der Waals surface area contributed by atoms with E-state index in [9.17, 15) is 0 Å². The Bertz CT molecular complexity index is 448. The van der Waals surface area contributed by atoms with Gasteiger partial charge in [0.2, 0.25) is 0 Å². The lowest BCUT2D eigenvalue weighted by atomic mass is 10.0. The van der Waals surface area contributed by atoms with E-state index >= 15 is 0 Å². The van der Waals surface area contributed by atoms with Crippen LogP contribution in [-0.4, -0.2) is 25.9 Å². The molecule has 2 rings (SSSR count). The summed E-state index contributed by atoms with van der Waals surface area (Å²) in [5.41, 5.74) is 1.17. The molecule has 0 saturated carbocycles. The minimum absolute atomic E-state index is 0.449. The number of halogens is 2. The first kappa shape index (κ1) is 16.3. The highest BCUT2D eigenvalue weighted by Crippen LogP contribution is 2.33. The maximum Gasteiger partial charge on any atom is 0.138 e. The summed E-state index contributed by atoms with van der Waals surface area (Å²) in [6.07, 6.45) is 1.15. The van der Waals surface area contributed by atoms with Gasteiger partial charge in [-0.15, -0.1) is 0 Å². The standard InChI is InChI=1S/C15H21Br2NO2/c1-3-20-15-12(6-13(16)7-14(15)17)8-18-10(2)11-4-5-19-9-11/h6-7,10-11,18H,3-5,8-9H2,1-2H3. The average molecular weight is 407 g/mol. The number of ether oxygens (including phenoxy) is 2. The van der Waals surface area contributed by atoms with Crippen LogP contribution in [0.15, 0.2) is 21.1 Å². The van der Waals surface area contributed by atoms with E-state index in [4.69, 9.17) is 9.47 Å². The number of rotatable bonds is 6. The Kier molecular flexibility index (Phi) is 6.33. The molecule has 0 aliphatic carbocycles. The van der Waals surface area contributed by atoms with Gasteiger partial charge in [-0.2, -0.15) is 0 Å². The molecule has 1 heterocycles. The van der Waals surface area contributed by atoms with Crippen molar-refractivity contribution in [3.63, 3.8) is 0 Å². The molecule has 1 aromatic carbocycles. The zero-order valence-electron chi connectivity index (χ0n) is 11.9. The summed E-state index contributed by atoms with van der Waals surface area (Å²) in [4.78, 5) is 0. The van der Waals surface area contributed by atoms with Crippen molar-refractivity contribution in [3.8, 4) is 5.75 Å². The summed E-state index contributed by atoms with van der Waals surface area (Å²) in [6.45, 7) is 7.46. The first-order valence-electron chi connectivity index (χ1n) is 7.03. The van der Waals surface area contributed by atoms with Crippen LogP contribution in [0.25, 0.3) is 0 Å². The third-order valence-corrected chi connectivity index (χ3v) is 4.71. The minimum atomic E-state index is 0.449. The highest BCUT2D eigenvalue weighted by molar-refractivity contribution is 9.11. The van der Waals surface area contributed by atoms with Gasteiger partial charge in [-0.1, -0.05) is 15.9 Å². The highest BCUT2D eigenvalue weighted by atomic mass is 79.9. The molecule has 1 fully saturated rings. The van der Waals surface area contributed by atoms with Gasteiger partial charge < -0.3 is 14.8 Å². The average Bonchev–Trinajstić information content (AvgIpc) is 2.93. The molecule has 5 heteroatoms. The minimum Gasteiger partial charge on any atom is -0.492 e. The van der Waals surface area contributed by atoms with Crippen LogP contribution in [0.2, 0.25) is 0 Å². The van der Waals surface area contributed by atoms with E-state index in [1.165, 1.54) is 5.56 Å². The summed E-state index contributed by atoms with van der Waals surface area (Å²) in [5, 5.41) is 3.59. The molecule has 2 atom stereocenters. The fraction of sp³-hybridized carbons (Fsp3) is 0.600. The van der Waals surface area contributed by atoms with Gasteiger partial charge in [0, 0.05) is 29.2 Å². The molecule has 3 nitrogen and oxygen atoms in total. The van der Waals surface area contributed by atoms with Crippen LogP contribution in [0.1, 0.15) is 25.8 Å². The molecule has 1 N–H and O–H groups in total. The quantitative estimate of drug-likeness (QED) is 0.770. The summed E-state index contributed by atoms with van der Waals surface area (Å²) >= 11 is 7.11. The van der Waals surface area contributed by atoms with Crippen LogP contribution in [-0.2, 0) is 11.3 Å². The third kappa shape index (κ3) is 4.20. The molecule has 1 aliphatic heterocycles. The monoisotopic (exact) mass is 405 g/mol. The molecule has 1 saturated heterocycles. The highest BCUT2D eigenvalue weighted by Gasteiger charge is 2.22. The Labute approximate surface area is 137 Å². The molecule has 1 aliphatic rings. The van der Waals surface area contributed by atoms with E-state index in [0.29, 0.717) is 18.6 Å². The third-order valence-electron chi connectivity index (χ3n) is 3.66. The van der Waals surface area contributed by atoms with E-state index in [2.05, 4.69) is 50.2 Å². The van der Waals surface area contributed by atoms with E-state index in [1.54, 1.807) is 0 Å². The first-order chi connectivity index (χ1) is 9.61. The van der Waals surface area contributed by atoms with Gasteiger partial charge >= 0.3 is 0 Å². The van der Waals surface area contributed by atoms with Gasteiger partial charge in [0.25, 0.3) is 0 Å². The van der Waals surface area contributed by atoms with Crippen molar-refractivity contribution in [2.24, 2.45) is 5.92 Å². The lowest BCUT2D eigenvalue weighted by Crippen LogP contribution is -2.33. The first-order valence-corrected chi connectivity index (χ1v) is 8.62. The van der Waals surface area contributed by atoms with Gasteiger partial charge in [0.05, 0.1) is 17.7 Å². The van der Waals surface area contributed by atoms with E-state index in [0.717, 1.165) is 40.9 Å². The van der Waals surface area contributed by atoms with Crippen molar-refractivity contribution >= 4 is 31.9 Å². The molecule has 0 bridgehead atoms. The SMILES string of the molecule is CCOc1c(Br)cc(Br)cc1CNC(C)C1CCOC1. The van der Waals surface area contributed by atoms with E-state index in [1.807, 2.05) is 13.0 Å². The fourth-order valence-electron chi connectivity index (χ4n) is 2.44. The van der Waals surface area contributed by atoms with Gasteiger partial charge in [0.15, 0.2) is 0 Å². The summed E-state index contributed by atoms with van der Waals surface area (Å²) in [5.74, 6) is 1.54. The smallest absolute Gasteiger partial charge is 0.138 e. The molecular formula is C15H21Br2NO2. The van der Waals surface area contributed by atoms with Crippen molar-refractivity contribution in [1.29, 1.82) is 0 Å². The number of hydrogen-bond acceptors (Lipinski definition) is 3. The molecule has 0 amide bonds. The van der Waals surface area contributed by atoms with Crippen molar-refractivity contribution in [2.45, 2.75) is 32.9 Å². The predicted molar refractivity (Wildman–Crippen MR) is 88.2 cm³/mol. The summed E-state index contributed by atoms with van der Waals surface area (Å²) in [6, 6.07) is 4.58. The summed E-state index contributed by atoms with van der Waals surface area (Å²) in [7, 11) is 0. The second-order valence-electron chi connectivity index (χ2n) is 5.10. The molecule has 20 heavy (non-hydrogen) atoms. The predicted octanol–water partition coefficient (Wildman–Crippen LogP) is 4.12. The van der Waals surface area contributed by atoms with Crippen molar-refractivity contribution in [1.82, 2.24) is 5.32 Å². The molecule has 2 unspecified atom stereocenters. The number of hydrogen-bond donors (Lipinski definition) is 1. The molecule has 0 spiro atoms. The molecule has 112 valence electrons. The van der Waals surface area contributed by atoms with Gasteiger partial charge in [0.1, 0.15) is 5.75 Å². The largest absolute Gasteiger partial charge is 0.492 e. The van der Waals surface area contributed by atoms with Gasteiger partial charge in [-0.05, 0) is 54.2 Å². The van der Waals surface area contributed by atoms with Crippen LogP contribution < -0.4 is 10.1 Å². The van der Waals surface area contributed by atoms with Gasteiger partial charge in [-0.3, -0.25) is 0 Å². The Hall–Kier alpha value is -0.100. The van der Waals surface area contributed by atoms with Crippen LogP contribution in [0, 0.1) is 5.92 Å². The summed E-state index contributed by atoms with van der Waals surface area (Å²) < 4.78 is 13.2. The molecular weight excluding hydrogens is 386 g/mol. The van der Waals surface area contributed by atoms with Crippen LogP contribution in [0.5, 0.6) is 5.75 Å².